The fraction of sp³-hybridized carbons (Fsp3) is 0.583. The molecular formula is C12H17BrN2S. The maximum Gasteiger partial charge on any atom is 0.143 e. The fourth-order valence-corrected chi connectivity index (χ4v) is 3.76. The van der Waals surface area contributed by atoms with E-state index in [1.165, 1.54) is 11.3 Å². The van der Waals surface area contributed by atoms with Crippen LogP contribution >= 0.6 is 27.7 Å². The van der Waals surface area contributed by atoms with E-state index < -0.39 is 0 Å². The first kappa shape index (κ1) is 12.2. The molecule has 0 radical (unpaired) electrons. The van der Waals surface area contributed by atoms with Gasteiger partial charge in [0.05, 0.1) is 4.47 Å². The summed E-state index contributed by atoms with van der Waals surface area (Å²) >= 11 is 5.67. The largest absolute Gasteiger partial charge is 0.351 e. The van der Waals surface area contributed by atoms with Crippen molar-refractivity contribution < 1.29 is 0 Å². The summed E-state index contributed by atoms with van der Waals surface area (Å²) < 4.78 is 1.11. The quantitative estimate of drug-likeness (QED) is 0.790. The summed E-state index contributed by atoms with van der Waals surface area (Å²) in [7, 11) is 0. The SMILES string of the molecule is Cc1cnc(N2CCSC(C)C2C)c(Br)c1. The molecule has 0 saturated carbocycles. The van der Waals surface area contributed by atoms with Crippen molar-refractivity contribution in [3.8, 4) is 0 Å². The lowest BCUT2D eigenvalue weighted by atomic mass is 10.2. The minimum absolute atomic E-state index is 0.547. The van der Waals surface area contributed by atoms with Crippen LogP contribution in [0.4, 0.5) is 5.82 Å². The van der Waals surface area contributed by atoms with E-state index in [2.05, 4.69) is 52.7 Å². The van der Waals surface area contributed by atoms with Gasteiger partial charge in [0.25, 0.3) is 0 Å². The molecule has 0 spiro atoms. The van der Waals surface area contributed by atoms with Crippen molar-refractivity contribution in [1.82, 2.24) is 4.98 Å². The van der Waals surface area contributed by atoms with Gasteiger partial charge in [-0.3, -0.25) is 0 Å². The number of nitrogens with zero attached hydrogens (tertiary/aromatic N) is 2. The molecule has 1 aliphatic heterocycles. The summed E-state index contributed by atoms with van der Waals surface area (Å²) in [4.78, 5) is 6.96. The van der Waals surface area contributed by atoms with Crippen LogP contribution in [-0.2, 0) is 0 Å². The number of aryl methyl sites for hydroxylation is 1. The number of pyridine rings is 1. The minimum Gasteiger partial charge on any atom is -0.351 e. The third kappa shape index (κ3) is 2.38. The second-order valence-electron chi connectivity index (χ2n) is 4.33. The molecule has 2 rings (SSSR count). The van der Waals surface area contributed by atoms with Gasteiger partial charge in [0.2, 0.25) is 0 Å². The summed E-state index contributed by atoms with van der Waals surface area (Å²) in [6.45, 7) is 7.73. The summed E-state index contributed by atoms with van der Waals surface area (Å²) in [6, 6.07) is 2.69. The van der Waals surface area contributed by atoms with Crippen molar-refractivity contribution in [2.75, 3.05) is 17.2 Å². The number of aromatic nitrogens is 1. The third-order valence-corrected chi connectivity index (χ3v) is 5.04. The number of thioether (sulfide) groups is 1. The van der Waals surface area contributed by atoms with E-state index in [4.69, 9.17) is 0 Å². The lowest BCUT2D eigenvalue weighted by Gasteiger charge is -2.38. The molecule has 1 aromatic heterocycles. The first-order valence-electron chi connectivity index (χ1n) is 5.60. The maximum absolute atomic E-state index is 4.56. The van der Waals surface area contributed by atoms with E-state index >= 15 is 0 Å². The predicted molar refractivity (Wildman–Crippen MR) is 75.4 cm³/mol. The average molecular weight is 301 g/mol. The van der Waals surface area contributed by atoms with E-state index in [9.17, 15) is 0 Å². The highest BCUT2D eigenvalue weighted by Crippen LogP contribution is 2.32. The molecular weight excluding hydrogens is 284 g/mol. The number of hydrogen-bond acceptors (Lipinski definition) is 3. The molecule has 2 atom stereocenters. The Bertz CT molecular complexity index is 383. The Morgan fingerprint density at radius 3 is 2.94 bits per heavy atom. The van der Waals surface area contributed by atoms with E-state index in [1.807, 2.05) is 18.0 Å². The van der Waals surface area contributed by atoms with Crippen LogP contribution in [0.3, 0.4) is 0 Å². The second kappa shape index (κ2) is 4.96. The van der Waals surface area contributed by atoms with Gasteiger partial charge in [-0.2, -0.15) is 11.8 Å². The van der Waals surface area contributed by atoms with Crippen LogP contribution in [0.2, 0.25) is 0 Å². The molecule has 0 aliphatic carbocycles. The van der Waals surface area contributed by atoms with Crippen LogP contribution in [0.25, 0.3) is 0 Å². The van der Waals surface area contributed by atoms with Gasteiger partial charge in [0, 0.05) is 29.8 Å². The Morgan fingerprint density at radius 2 is 2.25 bits per heavy atom. The molecule has 1 aromatic rings. The van der Waals surface area contributed by atoms with Gasteiger partial charge in [-0.25, -0.2) is 4.98 Å². The fourth-order valence-electron chi connectivity index (χ4n) is 1.97. The van der Waals surface area contributed by atoms with Gasteiger partial charge >= 0.3 is 0 Å². The van der Waals surface area contributed by atoms with Crippen molar-refractivity contribution in [2.45, 2.75) is 32.1 Å². The summed E-state index contributed by atoms with van der Waals surface area (Å²) in [5.74, 6) is 2.28. The van der Waals surface area contributed by atoms with Gasteiger partial charge in [-0.1, -0.05) is 6.92 Å². The smallest absolute Gasteiger partial charge is 0.143 e. The number of anilines is 1. The van der Waals surface area contributed by atoms with Crippen LogP contribution in [0.15, 0.2) is 16.7 Å². The van der Waals surface area contributed by atoms with E-state index in [0.29, 0.717) is 11.3 Å². The molecule has 16 heavy (non-hydrogen) atoms. The van der Waals surface area contributed by atoms with E-state index in [0.717, 1.165) is 16.8 Å². The highest BCUT2D eigenvalue weighted by molar-refractivity contribution is 9.10. The lowest BCUT2D eigenvalue weighted by Crippen LogP contribution is -2.45. The summed E-state index contributed by atoms with van der Waals surface area (Å²) in [5, 5.41) is 0.670. The topological polar surface area (TPSA) is 16.1 Å². The third-order valence-electron chi connectivity index (χ3n) is 3.11. The van der Waals surface area contributed by atoms with Crippen molar-refractivity contribution in [3.63, 3.8) is 0 Å². The molecule has 2 unspecified atom stereocenters. The molecule has 1 aliphatic rings. The molecule has 0 N–H and O–H groups in total. The molecule has 2 nitrogen and oxygen atoms in total. The number of hydrogen-bond donors (Lipinski definition) is 0. The molecule has 88 valence electrons. The normalized spacial score (nSPS) is 25.9. The predicted octanol–water partition coefficient (Wildman–Crippen LogP) is 3.48. The molecule has 1 saturated heterocycles. The zero-order chi connectivity index (χ0) is 11.7. The maximum atomic E-state index is 4.56. The summed E-state index contributed by atoms with van der Waals surface area (Å²) in [5.41, 5.74) is 1.20. The molecule has 0 bridgehead atoms. The minimum atomic E-state index is 0.547. The Labute approximate surface area is 110 Å². The highest BCUT2D eigenvalue weighted by atomic mass is 79.9. The number of rotatable bonds is 1. The second-order valence-corrected chi connectivity index (χ2v) is 6.67. The van der Waals surface area contributed by atoms with Crippen LogP contribution < -0.4 is 4.90 Å². The lowest BCUT2D eigenvalue weighted by molar-refractivity contribution is 0.619. The van der Waals surface area contributed by atoms with Gasteiger partial charge in [0.15, 0.2) is 0 Å². The zero-order valence-electron chi connectivity index (χ0n) is 9.90. The van der Waals surface area contributed by atoms with E-state index in [-0.39, 0.29) is 0 Å². The Hall–Kier alpha value is -0.220. The van der Waals surface area contributed by atoms with Gasteiger partial charge in [-0.15, -0.1) is 0 Å². The Balaban J connectivity index is 2.29. The Morgan fingerprint density at radius 1 is 1.50 bits per heavy atom. The molecule has 0 amide bonds. The summed E-state index contributed by atoms with van der Waals surface area (Å²) in [6.07, 6.45) is 1.94. The van der Waals surface area contributed by atoms with Gasteiger partial charge < -0.3 is 4.90 Å². The zero-order valence-corrected chi connectivity index (χ0v) is 12.3. The first-order chi connectivity index (χ1) is 7.59. The molecule has 4 heteroatoms. The van der Waals surface area contributed by atoms with Crippen LogP contribution in [0.5, 0.6) is 0 Å². The monoisotopic (exact) mass is 300 g/mol. The van der Waals surface area contributed by atoms with E-state index in [1.54, 1.807) is 0 Å². The van der Waals surface area contributed by atoms with Crippen LogP contribution in [-0.4, -0.2) is 28.6 Å². The molecule has 1 fully saturated rings. The molecule has 2 heterocycles. The average Bonchev–Trinajstić information content (AvgIpc) is 2.23. The highest BCUT2D eigenvalue weighted by Gasteiger charge is 2.27. The van der Waals surface area contributed by atoms with Crippen molar-refractivity contribution in [2.24, 2.45) is 0 Å². The van der Waals surface area contributed by atoms with Gasteiger partial charge in [0.1, 0.15) is 5.82 Å². The van der Waals surface area contributed by atoms with Crippen LogP contribution in [0.1, 0.15) is 19.4 Å². The Kier molecular flexibility index (Phi) is 3.80. The standard InChI is InChI=1S/C12H17BrN2S/c1-8-6-11(13)12(14-7-8)15-4-5-16-10(3)9(15)2/h6-7,9-10H,4-5H2,1-3H3. The first-order valence-corrected chi connectivity index (χ1v) is 7.44. The van der Waals surface area contributed by atoms with Crippen molar-refractivity contribution in [3.05, 3.63) is 22.3 Å². The van der Waals surface area contributed by atoms with Crippen molar-refractivity contribution >= 4 is 33.5 Å². The van der Waals surface area contributed by atoms with Crippen molar-refractivity contribution in [1.29, 1.82) is 0 Å². The number of halogens is 1. The molecule has 0 aromatic carbocycles. The van der Waals surface area contributed by atoms with Gasteiger partial charge in [-0.05, 0) is 41.4 Å². The van der Waals surface area contributed by atoms with Crippen LogP contribution in [0, 0.1) is 6.92 Å².